The molecule has 1 aromatic rings. The number of carboxylic acid groups (broad SMARTS) is 1. The van der Waals surface area contributed by atoms with E-state index in [1.54, 1.807) is 5.06 Å². The Labute approximate surface area is 141 Å². The molecule has 0 aromatic heterocycles. The Bertz CT molecular complexity index is 577. The quantitative estimate of drug-likeness (QED) is 0.741. The van der Waals surface area contributed by atoms with Gasteiger partial charge in [-0.25, -0.2) is 9.86 Å². The fraction of sp³-hybridized carbons (Fsp3) is 0.375. The first-order valence-electron chi connectivity index (χ1n) is 7.15. The number of nitrogens with zero attached hydrogens (tertiary/aromatic N) is 1. The van der Waals surface area contributed by atoms with E-state index in [1.165, 1.54) is 7.11 Å². The van der Waals surface area contributed by atoms with Crippen molar-refractivity contribution in [1.82, 2.24) is 10.4 Å². The van der Waals surface area contributed by atoms with Gasteiger partial charge in [0, 0.05) is 12.3 Å². The van der Waals surface area contributed by atoms with Crippen molar-refractivity contribution in [3.8, 4) is 0 Å². The number of hydroxylamine groups is 2. The van der Waals surface area contributed by atoms with Crippen molar-refractivity contribution in [2.45, 2.75) is 31.8 Å². The zero-order chi connectivity index (χ0) is 16.1. The number of carbonyl (C=O) groups excluding carboxylic acids is 1. The highest BCUT2D eigenvalue weighted by molar-refractivity contribution is 5.87. The summed E-state index contributed by atoms with van der Waals surface area (Å²) in [5.74, 6) is -1.05. The molecule has 7 heteroatoms. The highest BCUT2D eigenvalue weighted by atomic mass is 35.5. The van der Waals surface area contributed by atoms with Crippen molar-refractivity contribution >= 4 is 24.7 Å². The summed E-state index contributed by atoms with van der Waals surface area (Å²) in [7, 11) is 1.50. The van der Waals surface area contributed by atoms with Gasteiger partial charge in [-0.1, -0.05) is 37.3 Å². The fourth-order valence-electron chi connectivity index (χ4n) is 2.67. The maximum atomic E-state index is 11.5. The van der Waals surface area contributed by atoms with Crippen LogP contribution in [0, 0.1) is 0 Å². The second kappa shape index (κ2) is 8.55. The number of nitrogens with one attached hydrogen (secondary N) is 1. The second-order valence-corrected chi connectivity index (χ2v) is 5.13. The Balaban J connectivity index is 0.00000264. The summed E-state index contributed by atoms with van der Waals surface area (Å²) in [6.07, 6.45) is 1.01. The predicted octanol–water partition coefficient (Wildman–Crippen LogP) is 2.28. The van der Waals surface area contributed by atoms with Gasteiger partial charge in [-0.3, -0.25) is 4.84 Å². The lowest BCUT2D eigenvalue weighted by Gasteiger charge is -2.31. The molecule has 2 rings (SSSR count). The number of aliphatic carboxylic acids is 1. The van der Waals surface area contributed by atoms with E-state index in [1.807, 2.05) is 37.3 Å². The minimum Gasteiger partial charge on any atom is -0.477 e. The SMILES string of the molecule is CON1C(CCC=O)=C(C(=O)O)NC1C(C)c1ccccc1.Cl. The summed E-state index contributed by atoms with van der Waals surface area (Å²) in [6.45, 7) is 2.00. The first kappa shape index (κ1) is 19.0. The minimum atomic E-state index is -1.05. The Kier molecular flexibility index (Phi) is 7.06. The topological polar surface area (TPSA) is 78.9 Å². The van der Waals surface area contributed by atoms with Gasteiger partial charge in [-0.15, -0.1) is 12.4 Å². The van der Waals surface area contributed by atoms with Crippen LogP contribution in [-0.4, -0.2) is 35.7 Å². The first-order valence-corrected chi connectivity index (χ1v) is 7.15. The Morgan fingerprint density at radius 1 is 1.43 bits per heavy atom. The largest absolute Gasteiger partial charge is 0.477 e. The molecule has 6 nitrogen and oxygen atoms in total. The maximum absolute atomic E-state index is 11.5. The normalized spacial score (nSPS) is 18.2. The highest BCUT2D eigenvalue weighted by Crippen LogP contribution is 2.32. The number of rotatable bonds is 7. The number of carbonyl (C=O) groups is 2. The minimum absolute atomic E-state index is 0. The van der Waals surface area contributed by atoms with Gasteiger partial charge in [0.05, 0.1) is 12.8 Å². The second-order valence-electron chi connectivity index (χ2n) is 5.13. The van der Waals surface area contributed by atoms with E-state index in [-0.39, 0.29) is 36.6 Å². The van der Waals surface area contributed by atoms with Crippen LogP contribution in [0.3, 0.4) is 0 Å². The molecule has 0 spiro atoms. The third kappa shape index (κ3) is 4.03. The zero-order valence-corrected chi connectivity index (χ0v) is 13.9. The number of allylic oxidation sites excluding steroid dienone is 1. The van der Waals surface area contributed by atoms with E-state index < -0.39 is 5.97 Å². The Morgan fingerprint density at radius 2 is 2.09 bits per heavy atom. The fourth-order valence-corrected chi connectivity index (χ4v) is 2.67. The molecule has 0 saturated carbocycles. The highest BCUT2D eigenvalue weighted by Gasteiger charge is 2.38. The molecule has 1 aliphatic heterocycles. The standard InChI is InChI=1S/C16H20N2O4.ClH/c1-11(12-7-4-3-5-8-12)15-17-14(16(20)21)13(9-6-10-19)18(15)22-2;/h3-5,7-8,10-11,15,17H,6,9H2,1-2H3,(H,20,21);1H. The van der Waals surface area contributed by atoms with Crippen molar-refractivity contribution in [3.63, 3.8) is 0 Å². The van der Waals surface area contributed by atoms with Crippen molar-refractivity contribution in [3.05, 3.63) is 47.3 Å². The molecule has 0 radical (unpaired) electrons. The van der Waals surface area contributed by atoms with Gasteiger partial charge in [0.2, 0.25) is 0 Å². The molecule has 1 aromatic carbocycles. The van der Waals surface area contributed by atoms with E-state index in [2.05, 4.69) is 5.32 Å². The Hall–Kier alpha value is -2.05. The number of benzene rings is 1. The van der Waals surface area contributed by atoms with Crippen LogP contribution in [-0.2, 0) is 14.4 Å². The smallest absolute Gasteiger partial charge is 0.353 e. The molecule has 0 fully saturated rings. The summed E-state index contributed by atoms with van der Waals surface area (Å²) in [5.41, 5.74) is 1.66. The molecular weight excluding hydrogens is 320 g/mol. The van der Waals surface area contributed by atoms with Crippen LogP contribution in [0.2, 0.25) is 0 Å². The molecule has 2 N–H and O–H groups in total. The molecule has 23 heavy (non-hydrogen) atoms. The lowest BCUT2D eigenvalue weighted by Crippen LogP contribution is -2.41. The van der Waals surface area contributed by atoms with Gasteiger partial charge in [-0.05, 0) is 12.0 Å². The predicted molar refractivity (Wildman–Crippen MR) is 87.8 cm³/mol. The number of carboxylic acids is 1. The summed E-state index contributed by atoms with van der Waals surface area (Å²) in [6, 6.07) is 9.80. The molecule has 2 unspecified atom stereocenters. The van der Waals surface area contributed by atoms with Crippen molar-refractivity contribution in [1.29, 1.82) is 0 Å². The summed E-state index contributed by atoms with van der Waals surface area (Å²) in [5, 5.41) is 13.9. The third-order valence-electron chi connectivity index (χ3n) is 3.81. The van der Waals surface area contributed by atoms with Gasteiger partial charge in [0.1, 0.15) is 18.1 Å². The third-order valence-corrected chi connectivity index (χ3v) is 3.81. The molecule has 2 atom stereocenters. The lowest BCUT2D eigenvalue weighted by molar-refractivity contribution is -0.134. The summed E-state index contributed by atoms with van der Waals surface area (Å²) in [4.78, 5) is 27.5. The first-order chi connectivity index (χ1) is 10.6. The van der Waals surface area contributed by atoms with Gasteiger partial charge >= 0.3 is 5.97 Å². The molecule has 0 saturated heterocycles. The van der Waals surface area contributed by atoms with E-state index in [0.717, 1.165) is 11.8 Å². The molecule has 0 bridgehead atoms. The van der Waals surface area contributed by atoms with Crippen molar-refractivity contribution in [2.75, 3.05) is 7.11 Å². The van der Waals surface area contributed by atoms with Crippen LogP contribution in [0.4, 0.5) is 0 Å². The van der Waals surface area contributed by atoms with E-state index >= 15 is 0 Å². The summed E-state index contributed by atoms with van der Waals surface area (Å²) < 4.78 is 0. The molecule has 0 amide bonds. The number of hydrogen-bond acceptors (Lipinski definition) is 5. The number of aldehydes is 1. The molecule has 126 valence electrons. The average molecular weight is 341 g/mol. The number of hydrogen-bond donors (Lipinski definition) is 2. The molecule has 0 aliphatic carbocycles. The summed E-state index contributed by atoms with van der Waals surface area (Å²) >= 11 is 0. The van der Waals surface area contributed by atoms with Gasteiger partial charge in [0.15, 0.2) is 0 Å². The van der Waals surface area contributed by atoms with E-state index in [4.69, 9.17) is 4.84 Å². The molecular formula is C16H21ClN2O4. The average Bonchev–Trinajstić information content (AvgIpc) is 2.91. The maximum Gasteiger partial charge on any atom is 0.353 e. The van der Waals surface area contributed by atoms with Gasteiger partial charge in [0.25, 0.3) is 0 Å². The Morgan fingerprint density at radius 3 is 2.61 bits per heavy atom. The van der Waals surface area contributed by atoms with Crippen molar-refractivity contribution in [2.24, 2.45) is 0 Å². The van der Waals surface area contributed by atoms with Gasteiger partial charge < -0.3 is 15.2 Å². The van der Waals surface area contributed by atoms with Crippen LogP contribution >= 0.6 is 12.4 Å². The van der Waals surface area contributed by atoms with Crippen LogP contribution in [0.1, 0.15) is 31.2 Å². The number of halogens is 1. The van der Waals surface area contributed by atoms with Crippen LogP contribution in [0.25, 0.3) is 0 Å². The molecule has 1 heterocycles. The monoisotopic (exact) mass is 340 g/mol. The lowest BCUT2D eigenvalue weighted by atomic mass is 9.98. The van der Waals surface area contributed by atoms with E-state index in [0.29, 0.717) is 12.1 Å². The van der Waals surface area contributed by atoms with Gasteiger partial charge in [-0.2, -0.15) is 0 Å². The van der Waals surface area contributed by atoms with Crippen molar-refractivity contribution < 1.29 is 19.5 Å². The zero-order valence-electron chi connectivity index (χ0n) is 13.1. The molecule has 1 aliphatic rings. The van der Waals surface area contributed by atoms with E-state index in [9.17, 15) is 14.7 Å². The van der Waals surface area contributed by atoms with Crippen LogP contribution in [0.15, 0.2) is 41.7 Å². The van der Waals surface area contributed by atoms with Crippen LogP contribution in [0.5, 0.6) is 0 Å². The van der Waals surface area contributed by atoms with Crippen LogP contribution < -0.4 is 5.32 Å².